The summed E-state index contributed by atoms with van der Waals surface area (Å²) in [5, 5.41) is -0.328. The topological polar surface area (TPSA) is 85.4 Å². The van der Waals surface area contributed by atoms with Crippen molar-refractivity contribution in [1.29, 1.82) is 0 Å². The number of nitrogens with zero attached hydrogens (tertiary/aromatic N) is 1. The lowest BCUT2D eigenvalue weighted by Gasteiger charge is -2.07. The van der Waals surface area contributed by atoms with Crippen molar-refractivity contribution in [3.05, 3.63) is 23.9 Å². The second-order valence-electron chi connectivity index (χ2n) is 4.00. The zero-order valence-corrected chi connectivity index (χ0v) is 10.7. The number of pyridine rings is 1. The van der Waals surface area contributed by atoms with Crippen LogP contribution in [0.1, 0.15) is 30.1 Å². The van der Waals surface area contributed by atoms with E-state index in [1.54, 1.807) is 6.92 Å². The fraction of sp³-hybridized carbons (Fsp3) is 0.455. The van der Waals surface area contributed by atoms with Crippen LogP contribution >= 0.6 is 0 Å². The van der Waals surface area contributed by atoms with Crippen molar-refractivity contribution in [2.24, 2.45) is 0 Å². The van der Waals surface area contributed by atoms with Gasteiger partial charge >= 0.3 is 5.97 Å². The van der Waals surface area contributed by atoms with Crippen molar-refractivity contribution in [2.75, 3.05) is 11.3 Å². The van der Waals surface area contributed by atoms with Crippen LogP contribution in [0.5, 0.6) is 0 Å². The Morgan fingerprint density at radius 1 is 1.56 bits per heavy atom. The van der Waals surface area contributed by atoms with Gasteiger partial charge in [-0.3, -0.25) is 4.72 Å². The molecule has 0 amide bonds. The maximum Gasteiger partial charge on any atom is 0.338 e. The van der Waals surface area contributed by atoms with Gasteiger partial charge in [0, 0.05) is 6.20 Å². The molecule has 0 radical (unpaired) electrons. The molecule has 0 unspecified atom stereocenters. The highest BCUT2D eigenvalue weighted by Crippen LogP contribution is 2.29. The average molecular weight is 270 g/mol. The zero-order chi connectivity index (χ0) is 13.2. The second-order valence-corrected chi connectivity index (χ2v) is 5.96. The van der Waals surface area contributed by atoms with Crippen molar-refractivity contribution >= 4 is 21.8 Å². The predicted octanol–water partition coefficient (Wildman–Crippen LogP) is 1.16. The molecule has 7 heteroatoms. The van der Waals surface area contributed by atoms with Gasteiger partial charge in [0.2, 0.25) is 10.0 Å². The molecule has 1 heterocycles. The Balaban J connectivity index is 2.14. The lowest BCUT2D eigenvalue weighted by Crippen LogP contribution is -2.18. The molecular weight excluding hydrogens is 256 g/mol. The van der Waals surface area contributed by atoms with Crippen molar-refractivity contribution in [3.8, 4) is 0 Å². The fourth-order valence-electron chi connectivity index (χ4n) is 1.44. The highest BCUT2D eigenvalue weighted by molar-refractivity contribution is 7.93. The number of aromatic nitrogens is 1. The molecule has 2 rings (SSSR count). The van der Waals surface area contributed by atoms with Crippen LogP contribution in [0.2, 0.25) is 0 Å². The summed E-state index contributed by atoms with van der Waals surface area (Å²) in [6.07, 6.45) is 2.72. The molecule has 1 saturated carbocycles. The summed E-state index contributed by atoms with van der Waals surface area (Å²) in [4.78, 5) is 15.4. The third-order valence-corrected chi connectivity index (χ3v) is 4.32. The number of hydrogen-bond acceptors (Lipinski definition) is 5. The van der Waals surface area contributed by atoms with Crippen LogP contribution in [-0.2, 0) is 14.8 Å². The van der Waals surface area contributed by atoms with Crippen molar-refractivity contribution in [2.45, 2.75) is 25.0 Å². The van der Waals surface area contributed by atoms with Crippen LogP contribution in [0.25, 0.3) is 0 Å². The summed E-state index contributed by atoms with van der Waals surface area (Å²) in [6.45, 7) is 1.97. The maximum absolute atomic E-state index is 11.7. The van der Waals surface area contributed by atoms with Crippen LogP contribution < -0.4 is 4.72 Å². The summed E-state index contributed by atoms with van der Waals surface area (Å²) < 4.78 is 30.6. The Labute approximate surface area is 105 Å². The van der Waals surface area contributed by atoms with Crippen molar-refractivity contribution in [3.63, 3.8) is 0 Å². The number of sulfonamides is 1. The number of anilines is 1. The minimum Gasteiger partial charge on any atom is -0.462 e. The van der Waals surface area contributed by atoms with E-state index in [9.17, 15) is 13.2 Å². The van der Waals surface area contributed by atoms with Gasteiger partial charge in [-0.15, -0.1) is 0 Å². The first-order chi connectivity index (χ1) is 8.53. The van der Waals surface area contributed by atoms with Crippen LogP contribution in [0, 0.1) is 0 Å². The minimum atomic E-state index is -3.36. The van der Waals surface area contributed by atoms with Crippen LogP contribution in [0.4, 0.5) is 5.82 Å². The highest BCUT2D eigenvalue weighted by atomic mass is 32.2. The third kappa shape index (κ3) is 2.98. The number of rotatable bonds is 5. The summed E-state index contributed by atoms with van der Waals surface area (Å²) in [6, 6.07) is 2.85. The molecule has 1 aliphatic rings. The number of hydrogen-bond donors (Lipinski definition) is 1. The highest BCUT2D eigenvalue weighted by Gasteiger charge is 2.36. The molecule has 1 N–H and O–H groups in total. The Morgan fingerprint density at radius 2 is 2.28 bits per heavy atom. The van der Waals surface area contributed by atoms with Gasteiger partial charge in [0.25, 0.3) is 0 Å². The van der Waals surface area contributed by atoms with E-state index in [0.29, 0.717) is 12.8 Å². The summed E-state index contributed by atoms with van der Waals surface area (Å²) in [5.41, 5.74) is 0.278. The maximum atomic E-state index is 11.7. The van der Waals surface area contributed by atoms with Gasteiger partial charge in [-0.2, -0.15) is 0 Å². The van der Waals surface area contributed by atoms with Gasteiger partial charge in [-0.1, -0.05) is 0 Å². The van der Waals surface area contributed by atoms with E-state index >= 15 is 0 Å². The van der Waals surface area contributed by atoms with E-state index < -0.39 is 16.0 Å². The Bertz CT molecular complexity index is 552. The average Bonchev–Trinajstić information content (AvgIpc) is 3.13. The number of carbonyl (C=O) groups excluding carboxylic acids is 1. The summed E-state index contributed by atoms with van der Waals surface area (Å²) in [5.74, 6) is -0.348. The lowest BCUT2D eigenvalue weighted by molar-refractivity contribution is 0.0526. The van der Waals surface area contributed by atoms with Crippen LogP contribution in [0.3, 0.4) is 0 Å². The number of esters is 1. The monoisotopic (exact) mass is 270 g/mol. The predicted molar refractivity (Wildman–Crippen MR) is 65.8 cm³/mol. The third-order valence-electron chi connectivity index (χ3n) is 2.48. The van der Waals surface area contributed by atoms with E-state index in [0.717, 1.165) is 0 Å². The van der Waals surface area contributed by atoms with Gasteiger partial charge in [0.05, 0.1) is 17.4 Å². The molecule has 0 aliphatic heterocycles. The SMILES string of the molecule is CCOC(=O)c1ccnc(NS(=O)(=O)C2CC2)c1. The van der Waals surface area contributed by atoms with Gasteiger partial charge in [0.1, 0.15) is 5.82 Å². The van der Waals surface area contributed by atoms with Gasteiger partial charge in [-0.25, -0.2) is 18.2 Å². The molecule has 0 aromatic carbocycles. The van der Waals surface area contributed by atoms with Crippen LogP contribution in [0.15, 0.2) is 18.3 Å². The van der Waals surface area contributed by atoms with Crippen molar-refractivity contribution < 1.29 is 17.9 Å². The van der Waals surface area contributed by atoms with E-state index in [1.807, 2.05) is 0 Å². The van der Waals surface area contributed by atoms with E-state index in [2.05, 4.69) is 9.71 Å². The molecule has 18 heavy (non-hydrogen) atoms. The molecule has 1 aliphatic carbocycles. The molecule has 6 nitrogen and oxygen atoms in total. The molecule has 0 bridgehead atoms. The van der Waals surface area contributed by atoms with Crippen molar-refractivity contribution in [1.82, 2.24) is 4.98 Å². The second kappa shape index (κ2) is 4.93. The number of carbonyl (C=O) groups is 1. The fourth-order valence-corrected chi connectivity index (χ4v) is 2.76. The molecular formula is C11H14N2O4S. The largest absolute Gasteiger partial charge is 0.462 e. The van der Waals surface area contributed by atoms with E-state index in [4.69, 9.17) is 4.74 Å². The number of nitrogens with one attached hydrogen (secondary N) is 1. The molecule has 1 fully saturated rings. The van der Waals surface area contributed by atoms with Gasteiger partial charge in [-0.05, 0) is 31.9 Å². The summed E-state index contributed by atoms with van der Waals surface area (Å²) in [7, 11) is -3.36. The smallest absolute Gasteiger partial charge is 0.338 e. The number of ether oxygens (including phenoxy) is 1. The first-order valence-electron chi connectivity index (χ1n) is 5.67. The Hall–Kier alpha value is -1.63. The molecule has 98 valence electrons. The molecule has 1 aromatic heterocycles. The standard InChI is InChI=1S/C11H14N2O4S/c1-2-17-11(14)8-5-6-12-10(7-8)13-18(15,16)9-3-4-9/h5-7,9H,2-4H2,1H3,(H,12,13). The van der Waals surface area contributed by atoms with Crippen LogP contribution in [-0.4, -0.2) is 31.2 Å². The molecule has 1 aromatic rings. The quantitative estimate of drug-likeness (QED) is 0.811. The van der Waals surface area contributed by atoms with E-state index in [-0.39, 0.29) is 23.2 Å². The first kappa shape index (κ1) is 12.8. The summed E-state index contributed by atoms with van der Waals surface area (Å²) >= 11 is 0. The van der Waals surface area contributed by atoms with Gasteiger partial charge < -0.3 is 4.74 Å². The van der Waals surface area contributed by atoms with E-state index in [1.165, 1.54) is 18.3 Å². The molecule has 0 spiro atoms. The normalized spacial score (nSPS) is 15.2. The lowest BCUT2D eigenvalue weighted by atomic mass is 10.3. The van der Waals surface area contributed by atoms with Gasteiger partial charge in [0.15, 0.2) is 0 Å². The Morgan fingerprint density at radius 3 is 2.89 bits per heavy atom. The first-order valence-corrected chi connectivity index (χ1v) is 7.22. The minimum absolute atomic E-state index is 0.146. The Kier molecular flexibility index (Phi) is 3.51. The molecule has 0 saturated heterocycles. The molecule has 0 atom stereocenters. The zero-order valence-electron chi connectivity index (χ0n) is 9.92.